The number of carbonyl (C=O) groups is 1. The Morgan fingerprint density at radius 3 is 2.82 bits per heavy atom. The highest BCUT2D eigenvalue weighted by atomic mass is 19.1. The molecule has 1 aliphatic heterocycles. The van der Waals surface area contributed by atoms with Crippen LogP contribution in [0.4, 0.5) is 14.5 Å². The number of anilines is 1. The first kappa shape index (κ1) is 18.1. The van der Waals surface area contributed by atoms with Crippen LogP contribution < -0.4 is 9.64 Å². The van der Waals surface area contributed by atoms with Crippen LogP contribution in [0.5, 0.6) is 5.75 Å². The van der Waals surface area contributed by atoms with Crippen molar-refractivity contribution < 1.29 is 18.3 Å². The number of fused-ring (bicyclic) bond motifs is 1. The number of nitrogens with zero attached hydrogens (tertiary/aromatic N) is 4. The highest BCUT2D eigenvalue weighted by Crippen LogP contribution is 2.34. The van der Waals surface area contributed by atoms with Crippen molar-refractivity contribution in [3.63, 3.8) is 0 Å². The maximum Gasteiger partial charge on any atom is 0.281 e. The van der Waals surface area contributed by atoms with Crippen molar-refractivity contribution in [3.8, 4) is 5.75 Å². The molecule has 1 amide bonds. The lowest BCUT2D eigenvalue weighted by atomic mass is 10.1. The number of hydrogen-bond acceptors (Lipinski definition) is 4. The van der Waals surface area contributed by atoms with Gasteiger partial charge in [-0.3, -0.25) is 9.69 Å². The number of aromatic nitrogens is 3. The molecule has 4 rings (SSSR count). The number of ether oxygens (including phenoxy) is 1. The fraction of sp³-hybridized carbons (Fsp3) is 0.250. The molecule has 0 aliphatic carbocycles. The van der Waals surface area contributed by atoms with Crippen molar-refractivity contribution in [2.24, 2.45) is 0 Å². The molecule has 0 spiro atoms. The standard InChI is InChI=1S/C20H18F2N4O2/c1-12-11-28-18-6-4-3-5-17(18)26(12)20(27)19-13(2)25(24-23-19)10-14-7-8-15(21)9-16(14)22/h3-9,12H,10-11H2,1-2H3. The molecule has 0 radical (unpaired) electrons. The van der Waals surface area contributed by atoms with E-state index in [1.807, 2.05) is 31.2 Å². The van der Waals surface area contributed by atoms with Crippen LogP contribution >= 0.6 is 0 Å². The van der Waals surface area contributed by atoms with Gasteiger partial charge in [-0.2, -0.15) is 0 Å². The van der Waals surface area contributed by atoms with Crippen LogP contribution in [0.1, 0.15) is 28.7 Å². The van der Waals surface area contributed by atoms with E-state index < -0.39 is 11.6 Å². The zero-order valence-electron chi connectivity index (χ0n) is 15.4. The van der Waals surface area contributed by atoms with Gasteiger partial charge in [0.1, 0.15) is 24.0 Å². The predicted octanol–water partition coefficient (Wildman–Crippen LogP) is 3.34. The first-order chi connectivity index (χ1) is 13.5. The van der Waals surface area contributed by atoms with Crippen molar-refractivity contribution in [2.75, 3.05) is 11.5 Å². The first-order valence-corrected chi connectivity index (χ1v) is 8.85. The Kier molecular flexibility index (Phi) is 4.54. The molecule has 6 nitrogen and oxygen atoms in total. The van der Waals surface area contributed by atoms with Gasteiger partial charge in [-0.15, -0.1) is 5.10 Å². The van der Waals surface area contributed by atoms with Crippen molar-refractivity contribution >= 4 is 11.6 Å². The number of para-hydroxylation sites is 2. The molecular weight excluding hydrogens is 366 g/mol. The molecule has 1 aromatic heterocycles. The summed E-state index contributed by atoms with van der Waals surface area (Å²) in [4.78, 5) is 14.8. The van der Waals surface area contributed by atoms with E-state index in [2.05, 4.69) is 10.3 Å². The second-order valence-corrected chi connectivity index (χ2v) is 6.72. The van der Waals surface area contributed by atoms with Gasteiger partial charge in [0.15, 0.2) is 5.69 Å². The number of amides is 1. The van der Waals surface area contributed by atoms with Crippen molar-refractivity contribution in [3.05, 3.63) is 71.1 Å². The third-order valence-corrected chi connectivity index (χ3v) is 4.78. The molecule has 0 bridgehead atoms. The normalized spacial score (nSPS) is 15.9. The summed E-state index contributed by atoms with van der Waals surface area (Å²) >= 11 is 0. The second-order valence-electron chi connectivity index (χ2n) is 6.72. The van der Waals surface area contributed by atoms with Crippen LogP contribution in [-0.4, -0.2) is 33.5 Å². The Morgan fingerprint density at radius 1 is 1.25 bits per heavy atom. The number of rotatable bonds is 3. The van der Waals surface area contributed by atoms with Crippen LogP contribution in [0.2, 0.25) is 0 Å². The Balaban J connectivity index is 1.65. The summed E-state index contributed by atoms with van der Waals surface area (Å²) in [6.07, 6.45) is 0. The van der Waals surface area contributed by atoms with Crippen LogP contribution in [-0.2, 0) is 6.54 Å². The van der Waals surface area contributed by atoms with E-state index in [9.17, 15) is 13.6 Å². The van der Waals surface area contributed by atoms with Crippen molar-refractivity contribution in [1.29, 1.82) is 0 Å². The molecule has 1 unspecified atom stereocenters. The second kappa shape index (κ2) is 7.03. The summed E-state index contributed by atoms with van der Waals surface area (Å²) in [5.74, 6) is -0.982. The topological polar surface area (TPSA) is 60.3 Å². The molecule has 0 saturated carbocycles. The molecule has 0 N–H and O–H groups in total. The minimum absolute atomic E-state index is 0.0491. The van der Waals surface area contributed by atoms with Gasteiger partial charge in [0.2, 0.25) is 0 Å². The molecule has 1 atom stereocenters. The fourth-order valence-electron chi connectivity index (χ4n) is 3.24. The van der Waals surface area contributed by atoms with Gasteiger partial charge in [0.05, 0.1) is 24.0 Å². The van der Waals surface area contributed by atoms with Gasteiger partial charge in [0, 0.05) is 11.6 Å². The highest BCUT2D eigenvalue weighted by Gasteiger charge is 2.32. The van der Waals surface area contributed by atoms with E-state index in [1.54, 1.807) is 11.8 Å². The van der Waals surface area contributed by atoms with Crippen LogP contribution in [0.25, 0.3) is 0 Å². The first-order valence-electron chi connectivity index (χ1n) is 8.85. The molecule has 3 aromatic rings. The third-order valence-electron chi connectivity index (χ3n) is 4.78. The Hall–Kier alpha value is -3.29. The zero-order chi connectivity index (χ0) is 19.8. The lowest BCUT2D eigenvalue weighted by Gasteiger charge is -2.34. The monoisotopic (exact) mass is 384 g/mol. The summed E-state index contributed by atoms with van der Waals surface area (Å²) in [7, 11) is 0. The molecule has 144 valence electrons. The fourth-order valence-corrected chi connectivity index (χ4v) is 3.24. The lowest BCUT2D eigenvalue weighted by molar-refractivity contribution is 0.0955. The van der Waals surface area contributed by atoms with Gasteiger partial charge >= 0.3 is 0 Å². The summed E-state index contributed by atoms with van der Waals surface area (Å²) in [5.41, 5.74) is 1.62. The smallest absolute Gasteiger partial charge is 0.281 e. The van der Waals surface area contributed by atoms with Crippen LogP contribution in [0, 0.1) is 18.6 Å². The van der Waals surface area contributed by atoms with Gasteiger partial charge in [-0.25, -0.2) is 13.5 Å². The number of halogens is 2. The molecular formula is C20H18F2N4O2. The lowest BCUT2D eigenvalue weighted by Crippen LogP contribution is -2.45. The van der Waals surface area contributed by atoms with E-state index in [0.29, 0.717) is 23.7 Å². The summed E-state index contributed by atoms with van der Waals surface area (Å²) in [6, 6.07) is 10.5. The largest absolute Gasteiger partial charge is 0.489 e. The van der Waals surface area contributed by atoms with E-state index in [0.717, 1.165) is 6.07 Å². The molecule has 8 heteroatoms. The van der Waals surface area contributed by atoms with Gasteiger partial charge < -0.3 is 4.74 Å². The summed E-state index contributed by atoms with van der Waals surface area (Å²) in [6.45, 7) is 4.01. The minimum Gasteiger partial charge on any atom is -0.489 e. The summed E-state index contributed by atoms with van der Waals surface area (Å²) in [5, 5.41) is 8.02. The number of hydrogen-bond donors (Lipinski definition) is 0. The van der Waals surface area contributed by atoms with Crippen LogP contribution in [0.15, 0.2) is 42.5 Å². The van der Waals surface area contributed by atoms with E-state index in [1.165, 1.54) is 16.8 Å². The molecule has 2 heterocycles. The van der Waals surface area contributed by atoms with E-state index in [4.69, 9.17) is 4.74 Å². The van der Waals surface area contributed by atoms with E-state index in [-0.39, 0.29) is 29.8 Å². The number of carbonyl (C=O) groups excluding carboxylic acids is 1. The number of benzene rings is 2. The van der Waals surface area contributed by atoms with Crippen LogP contribution in [0.3, 0.4) is 0 Å². The molecule has 28 heavy (non-hydrogen) atoms. The van der Waals surface area contributed by atoms with Gasteiger partial charge in [0.25, 0.3) is 5.91 Å². The average Bonchev–Trinajstić information content (AvgIpc) is 3.04. The Bertz CT molecular complexity index is 1050. The molecule has 2 aromatic carbocycles. The van der Waals surface area contributed by atoms with Crippen molar-refractivity contribution in [2.45, 2.75) is 26.4 Å². The molecule has 1 aliphatic rings. The Morgan fingerprint density at radius 2 is 2.04 bits per heavy atom. The maximum atomic E-state index is 14.0. The molecule has 0 fully saturated rings. The Labute approximate surface area is 160 Å². The average molecular weight is 384 g/mol. The summed E-state index contributed by atoms with van der Waals surface area (Å²) < 4.78 is 34.2. The van der Waals surface area contributed by atoms with Crippen molar-refractivity contribution in [1.82, 2.24) is 15.0 Å². The predicted molar refractivity (Wildman–Crippen MR) is 98.4 cm³/mol. The quantitative estimate of drug-likeness (QED) is 0.695. The van der Waals surface area contributed by atoms with Gasteiger partial charge in [-0.1, -0.05) is 23.4 Å². The van der Waals surface area contributed by atoms with E-state index >= 15 is 0 Å². The SMILES string of the molecule is Cc1c(C(=O)N2c3ccccc3OCC2C)nnn1Cc1ccc(F)cc1F. The highest BCUT2D eigenvalue weighted by molar-refractivity contribution is 6.06. The third kappa shape index (κ3) is 3.11. The zero-order valence-corrected chi connectivity index (χ0v) is 15.4. The molecule has 0 saturated heterocycles. The van der Waals surface area contributed by atoms with Gasteiger partial charge in [-0.05, 0) is 32.0 Å². The maximum absolute atomic E-state index is 14.0. The minimum atomic E-state index is -0.668.